The number of primary amides is 1. The average Bonchev–Trinajstić information content (AvgIpc) is 3.05. The fraction of sp³-hybridized carbons (Fsp3) is 0.400. The number of nitrogens with zero attached hydrogens (tertiary/aromatic N) is 2. The van der Waals surface area contributed by atoms with Crippen molar-refractivity contribution in [1.82, 2.24) is 15.3 Å². The molecule has 0 aliphatic carbocycles. The SMILES string of the molecule is CC#CC(=O)N1CCC(N2NC(c3ccc(Cl)c(C(F)(F)F)c3)C(C(N)=O)=C2N)CC1. The molecule has 1 aromatic rings. The van der Waals surface area contributed by atoms with Crippen LogP contribution in [0.4, 0.5) is 13.2 Å². The molecule has 1 atom stereocenters. The highest BCUT2D eigenvalue weighted by atomic mass is 35.5. The van der Waals surface area contributed by atoms with Gasteiger partial charge in [0.05, 0.1) is 28.2 Å². The molecule has 5 N–H and O–H groups in total. The molecule has 0 saturated carbocycles. The van der Waals surface area contributed by atoms with Gasteiger partial charge in [0.2, 0.25) is 5.91 Å². The highest BCUT2D eigenvalue weighted by Crippen LogP contribution is 2.39. The Morgan fingerprint density at radius 2 is 1.90 bits per heavy atom. The molecule has 31 heavy (non-hydrogen) atoms. The van der Waals surface area contributed by atoms with E-state index in [1.54, 1.807) is 16.8 Å². The number of halogens is 4. The Labute approximate surface area is 182 Å². The lowest BCUT2D eigenvalue weighted by molar-refractivity contribution is -0.137. The van der Waals surface area contributed by atoms with Crippen molar-refractivity contribution in [2.45, 2.75) is 38.0 Å². The van der Waals surface area contributed by atoms with Crippen LogP contribution < -0.4 is 16.9 Å². The van der Waals surface area contributed by atoms with E-state index >= 15 is 0 Å². The van der Waals surface area contributed by atoms with Crippen LogP contribution in [0.5, 0.6) is 0 Å². The minimum absolute atomic E-state index is 0.0224. The van der Waals surface area contributed by atoms with Gasteiger partial charge in [-0.2, -0.15) is 13.2 Å². The highest BCUT2D eigenvalue weighted by molar-refractivity contribution is 6.31. The van der Waals surface area contributed by atoms with Crippen LogP contribution in [-0.2, 0) is 15.8 Å². The monoisotopic (exact) mass is 455 g/mol. The van der Waals surface area contributed by atoms with E-state index < -0.39 is 28.7 Å². The first-order valence-corrected chi connectivity index (χ1v) is 9.85. The maximum Gasteiger partial charge on any atom is 0.417 e. The van der Waals surface area contributed by atoms with Crippen LogP contribution in [0.1, 0.15) is 36.9 Å². The van der Waals surface area contributed by atoms with Gasteiger partial charge in [0, 0.05) is 13.1 Å². The Bertz CT molecular complexity index is 991. The van der Waals surface area contributed by atoms with E-state index in [-0.39, 0.29) is 28.9 Å². The smallest absolute Gasteiger partial charge is 0.384 e. The molecule has 7 nitrogen and oxygen atoms in total. The molecule has 1 aromatic carbocycles. The lowest BCUT2D eigenvalue weighted by Crippen LogP contribution is -2.50. The zero-order chi connectivity index (χ0) is 22.9. The van der Waals surface area contributed by atoms with Crippen LogP contribution in [0.25, 0.3) is 0 Å². The summed E-state index contributed by atoms with van der Waals surface area (Å²) in [6.45, 7) is 2.44. The molecule has 2 amide bonds. The predicted octanol–water partition coefficient (Wildman–Crippen LogP) is 1.89. The molecule has 0 spiro atoms. The first kappa shape index (κ1) is 22.8. The van der Waals surface area contributed by atoms with Gasteiger partial charge >= 0.3 is 6.18 Å². The van der Waals surface area contributed by atoms with Crippen LogP contribution in [0.3, 0.4) is 0 Å². The molecule has 11 heteroatoms. The van der Waals surface area contributed by atoms with Gasteiger partial charge in [0.1, 0.15) is 5.82 Å². The summed E-state index contributed by atoms with van der Waals surface area (Å²) >= 11 is 5.71. The van der Waals surface area contributed by atoms with E-state index in [2.05, 4.69) is 17.3 Å². The Morgan fingerprint density at radius 1 is 1.26 bits per heavy atom. The second-order valence-corrected chi connectivity index (χ2v) is 7.64. The Kier molecular flexibility index (Phi) is 6.38. The summed E-state index contributed by atoms with van der Waals surface area (Å²) in [7, 11) is 0. The summed E-state index contributed by atoms with van der Waals surface area (Å²) in [6.07, 6.45) is -3.61. The molecular weight excluding hydrogens is 435 g/mol. The van der Waals surface area contributed by atoms with Crippen LogP contribution >= 0.6 is 11.6 Å². The van der Waals surface area contributed by atoms with Crippen LogP contribution in [0.2, 0.25) is 5.02 Å². The summed E-state index contributed by atoms with van der Waals surface area (Å²) in [5.41, 5.74) is 13.8. The largest absolute Gasteiger partial charge is 0.417 e. The quantitative estimate of drug-likeness (QED) is 0.604. The third kappa shape index (κ3) is 4.57. The molecular formula is C20H21ClF3N5O2. The van der Waals surface area contributed by atoms with Crippen molar-refractivity contribution >= 4 is 23.4 Å². The van der Waals surface area contributed by atoms with Crippen LogP contribution in [0, 0.1) is 11.8 Å². The Morgan fingerprint density at radius 3 is 2.45 bits per heavy atom. The van der Waals surface area contributed by atoms with E-state index in [1.165, 1.54) is 6.07 Å². The third-order valence-electron chi connectivity index (χ3n) is 5.34. The Balaban J connectivity index is 1.86. The first-order valence-electron chi connectivity index (χ1n) is 9.47. The van der Waals surface area contributed by atoms with Crippen molar-refractivity contribution in [2.24, 2.45) is 11.5 Å². The third-order valence-corrected chi connectivity index (χ3v) is 5.67. The van der Waals surface area contributed by atoms with Crippen LogP contribution in [0.15, 0.2) is 29.6 Å². The van der Waals surface area contributed by atoms with Gasteiger partial charge < -0.3 is 16.4 Å². The van der Waals surface area contributed by atoms with Gasteiger partial charge in [-0.25, -0.2) is 5.43 Å². The molecule has 3 rings (SSSR count). The minimum Gasteiger partial charge on any atom is -0.384 e. The number of nitrogens with one attached hydrogen (secondary N) is 1. The summed E-state index contributed by atoms with van der Waals surface area (Å²) < 4.78 is 39.9. The number of alkyl halides is 3. The number of carbonyl (C=O) groups is 2. The zero-order valence-corrected chi connectivity index (χ0v) is 17.3. The summed E-state index contributed by atoms with van der Waals surface area (Å²) in [6, 6.07) is 2.25. The highest BCUT2D eigenvalue weighted by Gasteiger charge is 2.40. The van der Waals surface area contributed by atoms with Crippen molar-refractivity contribution < 1.29 is 22.8 Å². The van der Waals surface area contributed by atoms with Gasteiger partial charge in [-0.3, -0.25) is 14.6 Å². The standard InChI is InChI=1S/C20H21ClF3N5O2/c1-2-3-15(30)28-8-6-12(7-9-28)29-18(25)16(19(26)31)17(27-29)11-4-5-14(21)13(10-11)20(22,23)24/h4-5,10,12,17,27H,6-9,25H2,1H3,(H2,26,31). The molecule has 0 radical (unpaired) electrons. The van der Waals surface area contributed by atoms with Crippen molar-refractivity contribution in [1.29, 1.82) is 0 Å². The Hall–Kier alpha value is -2.90. The molecule has 1 unspecified atom stereocenters. The van der Waals surface area contributed by atoms with Crippen molar-refractivity contribution in [3.8, 4) is 11.8 Å². The number of likely N-dealkylation sites (tertiary alicyclic amines) is 1. The number of rotatable bonds is 3. The van der Waals surface area contributed by atoms with Crippen LogP contribution in [-0.4, -0.2) is 40.9 Å². The van der Waals surface area contributed by atoms with Gasteiger partial charge in [-0.15, -0.1) is 0 Å². The molecule has 1 saturated heterocycles. The lowest BCUT2D eigenvalue weighted by Gasteiger charge is -2.37. The van der Waals surface area contributed by atoms with E-state index in [4.69, 9.17) is 23.1 Å². The second-order valence-electron chi connectivity index (χ2n) is 7.23. The maximum atomic E-state index is 13.3. The fourth-order valence-corrected chi connectivity index (χ4v) is 4.04. The summed E-state index contributed by atoms with van der Waals surface area (Å²) in [5.74, 6) is 4.00. The number of amides is 2. The lowest BCUT2D eigenvalue weighted by atomic mass is 9.97. The molecule has 2 aliphatic heterocycles. The first-order chi connectivity index (χ1) is 14.5. The molecule has 2 aliphatic rings. The van der Waals surface area contributed by atoms with Gasteiger partial charge in [0.15, 0.2) is 0 Å². The molecule has 2 heterocycles. The summed E-state index contributed by atoms with van der Waals surface area (Å²) in [5, 5.41) is 1.11. The second kappa shape index (κ2) is 8.69. The van der Waals surface area contributed by atoms with E-state index in [0.717, 1.165) is 12.1 Å². The molecule has 0 bridgehead atoms. The number of nitrogens with two attached hydrogens (primary N) is 2. The van der Waals surface area contributed by atoms with Crippen molar-refractivity contribution in [3.05, 3.63) is 45.7 Å². The number of benzene rings is 1. The van der Waals surface area contributed by atoms with E-state index in [9.17, 15) is 22.8 Å². The number of hydrogen-bond acceptors (Lipinski definition) is 5. The number of carbonyl (C=O) groups excluding carboxylic acids is 2. The van der Waals surface area contributed by atoms with Gasteiger partial charge in [0.25, 0.3) is 5.91 Å². The average molecular weight is 456 g/mol. The van der Waals surface area contributed by atoms with Crippen molar-refractivity contribution in [3.63, 3.8) is 0 Å². The molecule has 166 valence electrons. The van der Waals surface area contributed by atoms with Gasteiger partial charge in [-0.1, -0.05) is 23.6 Å². The number of hydrazine groups is 1. The minimum atomic E-state index is -4.66. The van der Waals surface area contributed by atoms with Crippen molar-refractivity contribution in [2.75, 3.05) is 13.1 Å². The van der Waals surface area contributed by atoms with Gasteiger partial charge in [-0.05, 0) is 43.4 Å². The fourth-order valence-electron chi connectivity index (χ4n) is 3.82. The summed E-state index contributed by atoms with van der Waals surface area (Å²) in [4.78, 5) is 25.6. The predicted molar refractivity (Wildman–Crippen MR) is 108 cm³/mol. The molecule has 1 fully saturated rings. The normalized spacial score (nSPS) is 20.0. The van der Waals surface area contributed by atoms with E-state index in [1.807, 2.05) is 0 Å². The molecule has 0 aromatic heterocycles. The zero-order valence-electron chi connectivity index (χ0n) is 16.6. The number of piperidine rings is 1. The number of hydrogen-bond donors (Lipinski definition) is 3. The maximum absolute atomic E-state index is 13.3. The van der Waals surface area contributed by atoms with E-state index in [0.29, 0.717) is 25.9 Å². The topological polar surface area (TPSA) is 105 Å².